The number of esters is 1. The van der Waals surface area contributed by atoms with E-state index >= 15 is 0 Å². The van der Waals surface area contributed by atoms with Crippen molar-refractivity contribution in [3.63, 3.8) is 0 Å². The summed E-state index contributed by atoms with van der Waals surface area (Å²) in [4.78, 5) is 11.4. The van der Waals surface area contributed by atoms with Crippen LogP contribution in [0.15, 0.2) is 0 Å². The van der Waals surface area contributed by atoms with Crippen molar-refractivity contribution in [2.24, 2.45) is 0 Å². The summed E-state index contributed by atoms with van der Waals surface area (Å²) < 4.78 is 4.75. The van der Waals surface area contributed by atoms with Crippen LogP contribution in [0.5, 0.6) is 0 Å². The van der Waals surface area contributed by atoms with Gasteiger partial charge >= 0.3 is 5.97 Å². The molecule has 0 atom stereocenters. The van der Waals surface area contributed by atoms with Crippen LogP contribution >= 0.6 is 11.8 Å². The summed E-state index contributed by atoms with van der Waals surface area (Å²) in [6.07, 6.45) is 2.29. The first-order chi connectivity index (χ1) is 6.56. The number of thioether (sulfide) groups is 1. The molecule has 1 aliphatic rings. The van der Waals surface area contributed by atoms with E-state index in [-0.39, 0.29) is 5.97 Å². The Bertz CT molecular complexity index is 200. The van der Waals surface area contributed by atoms with Crippen LogP contribution in [0.25, 0.3) is 0 Å². The van der Waals surface area contributed by atoms with Crippen LogP contribution < -0.4 is 5.32 Å². The highest BCUT2D eigenvalue weighted by atomic mass is 32.2. The van der Waals surface area contributed by atoms with Crippen LogP contribution in [0.2, 0.25) is 0 Å². The number of hydrogen-bond donors (Lipinski definition) is 1. The van der Waals surface area contributed by atoms with E-state index in [0.29, 0.717) is 6.04 Å². The normalized spacial score (nSPS) is 19.4. The summed E-state index contributed by atoms with van der Waals surface area (Å²) in [5.41, 5.74) is -0.554. The summed E-state index contributed by atoms with van der Waals surface area (Å²) in [5.74, 6) is 2.19. The Hall–Kier alpha value is -0.220. The maximum absolute atomic E-state index is 11.4. The lowest BCUT2D eigenvalue weighted by Crippen LogP contribution is -2.53. The minimum Gasteiger partial charge on any atom is -0.468 e. The van der Waals surface area contributed by atoms with E-state index in [1.165, 1.54) is 18.6 Å². The molecule has 1 saturated heterocycles. The molecule has 0 saturated carbocycles. The molecule has 82 valence electrons. The molecule has 1 fully saturated rings. The third-order valence-corrected chi connectivity index (χ3v) is 3.53. The molecular weight excluding hydrogens is 198 g/mol. The third kappa shape index (κ3) is 3.17. The van der Waals surface area contributed by atoms with E-state index in [1.54, 1.807) is 0 Å². The van der Waals surface area contributed by atoms with Gasteiger partial charge in [-0.3, -0.25) is 10.1 Å². The van der Waals surface area contributed by atoms with Gasteiger partial charge in [-0.05, 0) is 38.2 Å². The molecule has 4 heteroatoms. The zero-order chi connectivity index (χ0) is 10.6. The van der Waals surface area contributed by atoms with Crippen LogP contribution in [0.1, 0.15) is 26.7 Å². The third-order valence-electron chi connectivity index (χ3n) is 2.48. The van der Waals surface area contributed by atoms with Gasteiger partial charge in [0.05, 0.1) is 7.11 Å². The molecule has 0 spiro atoms. The quantitative estimate of drug-likeness (QED) is 0.726. The van der Waals surface area contributed by atoms with Gasteiger partial charge in [-0.1, -0.05) is 0 Å². The van der Waals surface area contributed by atoms with Gasteiger partial charge in [0.1, 0.15) is 5.54 Å². The van der Waals surface area contributed by atoms with E-state index in [4.69, 9.17) is 4.74 Å². The van der Waals surface area contributed by atoms with Crippen LogP contribution in [0, 0.1) is 0 Å². The second kappa shape index (κ2) is 5.03. The number of hydrogen-bond acceptors (Lipinski definition) is 4. The van der Waals surface area contributed by atoms with E-state index in [2.05, 4.69) is 5.32 Å². The first kappa shape index (κ1) is 11.9. The summed E-state index contributed by atoms with van der Waals surface area (Å²) in [7, 11) is 1.43. The SMILES string of the molecule is COC(=O)C(C)(C)NC1CCSCC1. The van der Waals surface area contributed by atoms with Crippen molar-refractivity contribution in [2.75, 3.05) is 18.6 Å². The lowest BCUT2D eigenvalue weighted by molar-refractivity contribution is -0.147. The highest BCUT2D eigenvalue weighted by molar-refractivity contribution is 7.99. The van der Waals surface area contributed by atoms with Crippen LogP contribution in [-0.4, -0.2) is 36.2 Å². The van der Waals surface area contributed by atoms with Crippen LogP contribution in [0.3, 0.4) is 0 Å². The van der Waals surface area contributed by atoms with Gasteiger partial charge < -0.3 is 4.74 Å². The fourth-order valence-electron chi connectivity index (χ4n) is 1.67. The predicted octanol–water partition coefficient (Wildman–Crippen LogP) is 1.42. The van der Waals surface area contributed by atoms with Crippen molar-refractivity contribution >= 4 is 17.7 Å². The second-order valence-electron chi connectivity index (χ2n) is 4.15. The summed E-state index contributed by atoms with van der Waals surface area (Å²) >= 11 is 1.98. The lowest BCUT2D eigenvalue weighted by Gasteiger charge is -2.31. The zero-order valence-electron chi connectivity index (χ0n) is 9.13. The first-order valence-electron chi connectivity index (χ1n) is 5.00. The number of carbonyl (C=O) groups is 1. The smallest absolute Gasteiger partial charge is 0.325 e. The maximum Gasteiger partial charge on any atom is 0.325 e. The molecule has 1 rings (SSSR count). The molecule has 1 N–H and O–H groups in total. The number of nitrogens with one attached hydrogen (secondary N) is 1. The van der Waals surface area contributed by atoms with Crippen LogP contribution in [0.4, 0.5) is 0 Å². The van der Waals surface area contributed by atoms with Crippen molar-refractivity contribution in [3.8, 4) is 0 Å². The molecule has 0 radical (unpaired) electrons. The molecule has 14 heavy (non-hydrogen) atoms. The minimum atomic E-state index is -0.554. The predicted molar refractivity (Wildman–Crippen MR) is 59.6 cm³/mol. The zero-order valence-corrected chi connectivity index (χ0v) is 9.95. The van der Waals surface area contributed by atoms with Crippen molar-refractivity contribution in [1.29, 1.82) is 0 Å². The molecular formula is C10H19NO2S. The molecule has 0 bridgehead atoms. The fourth-order valence-corrected chi connectivity index (χ4v) is 2.77. The Labute approximate surface area is 90.0 Å². The molecule has 0 aliphatic carbocycles. The molecule has 1 heterocycles. The van der Waals surface area contributed by atoms with E-state index in [0.717, 1.165) is 12.8 Å². The highest BCUT2D eigenvalue weighted by Crippen LogP contribution is 2.19. The number of rotatable bonds is 3. The Balaban J connectivity index is 2.44. The standard InChI is InChI=1S/C10H19NO2S/c1-10(2,9(12)13-3)11-8-4-6-14-7-5-8/h8,11H,4-7H2,1-3H3. The summed E-state index contributed by atoms with van der Waals surface area (Å²) in [6.45, 7) is 3.75. The maximum atomic E-state index is 11.4. The molecule has 0 aromatic rings. The van der Waals surface area contributed by atoms with Crippen molar-refractivity contribution in [3.05, 3.63) is 0 Å². The molecule has 0 aromatic heterocycles. The van der Waals surface area contributed by atoms with Gasteiger partial charge in [-0.25, -0.2) is 0 Å². The van der Waals surface area contributed by atoms with Gasteiger partial charge in [0.25, 0.3) is 0 Å². The fraction of sp³-hybridized carbons (Fsp3) is 0.900. The van der Waals surface area contributed by atoms with Crippen molar-refractivity contribution in [1.82, 2.24) is 5.32 Å². The highest BCUT2D eigenvalue weighted by Gasteiger charge is 2.31. The first-order valence-corrected chi connectivity index (χ1v) is 6.15. The van der Waals surface area contributed by atoms with Crippen LogP contribution in [-0.2, 0) is 9.53 Å². The molecule has 1 aliphatic heterocycles. The van der Waals surface area contributed by atoms with Gasteiger partial charge in [-0.15, -0.1) is 0 Å². The summed E-state index contributed by atoms with van der Waals surface area (Å²) in [5, 5.41) is 3.36. The van der Waals surface area contributed by atoms with E-state index in [9.17, 15) is 4.79 Å². The minimum absolute atomic E-state index is 0.185. The Morgan fingerprint density at radius 3 is 2.50 bits per heavy atom. The number of ether oxygens (including phenoxy) is 1. The van der Waals surface area contributed by atoms with E-state index < -0.39 is 5.54 Å². The Morgan fingerprint density at radius 2 is 2.00 bits per heavy atom. The van der Waals surface area contributed by atoms with Gasteiger partial charge in [0, 0.05) is 6.04 Å². The average molecular weight is 217 g/mol. The second-order valence-corrected chi connectivity index (χ2v) is 5.37. The topological polar surface area (TPSA) is 38.3 Å². The molecule has 0 aromatic carbocycles. The summed E-state index contributed by atoms with van der Waals surface area (Å²) in [6, 6.07) is 0.463. The van der Waals surface area contributed by atoms with Gasteiger partial charge in [-0.2, -0.15) is 11.8 Å². The Kier molecular flexibility index (Phi) is 4.26. The monoisotopic (exact) mass is 217 g/mol. The van der Waals surface area contributed by atoms with E-state index in [1.807, 2.05) is 25.6 Å². The average Bonchev–Trinajstić information content (AvgIpc) is 2.17. The molecule has 3 nitrogen and oxygen atoms in total. The van der Waals surface area contributed by atoms with Gasteiger partial charge in [0.15, 0.2) is 0 Å². The van der Waals surface area contributed by atoms with Crippen molar-refractivity contribution in [2.45, 2.75) is 38.3 Å². The largest absolute Gasteiger partial charge is 0.468 e. The Morgan fingerprint density at radius 1 is 1.43 bits per heavy atom. The van der Waals surface area contributed by atoms with Gasteiger partial charge in [0.2, 0.25) is 0 Å². The lowest BCUT2D eigenvalue weighted by atomic mass is 10.0. The van der Waals surface area contributed by atoms with Crippen molar-refractivity contribution < 1.29 is 9.53 Å². The number of methoxy groups -OCH3 is 1. The molecule has 0 amide bonds. The number of carbonyl (C=O) groups excluding carboxylic acids is 1. The molecule has 0 unspecified atom stereocenters.